The SMILES string of the molecule is COc1ccc2[nH]cc(CCN3C[C@@H](C(=O)Nc4cc(C)cc(C)c4)CC3=O)c2c1. The number of methoxy groups -OCH3 is 1. The number of rotatable bonds is 6. The Hall–Kier alpha value is -3.28. The number of hydrogen-bond acceptors (Lipinski definition) is 3. The molecule has 0 unspecified atom stereocenters. The van der Waals surface area contributed by atoms with Crippen molar-refractivity contribution in [3.05, 3.63) is 59.3 Å². The minimum atomic E-state index is -0.318. The van der Waals surface area contributed by atoms with E-state index in [1.165, 1.54) is 0 Å². The number of aryl methyl sites for hydroxylation is 2. The van der Waals surface area contributed by atoms with Crippen molar-refractivity contribution in [1.82, 2.24) is 9.88 Å². The average Bonchev–Trinajstić information content (AvgIpc) is 3.28. The molecule has 3 aromatic rings. The number of H-pyrrole nitrogens is 1. The Labute approximate surface area is 176 Å². The Morgan fingerprint density at radius 2 is 1.97 bits per heavy atom. The van der Waals surface area contributed by atoms with Crippen LogP contribution in [-0.2, 0) is 16.0 Å². The van der Waals surface area contributed by atoms with E-state index in [0.29, 0.717) is 13.1 Å². The second-order valence-electron chi connectivity index (χ2n) is 8.08. The molecule has 2 heterocycles. The molecule has 0 aliphatic carbocycles. The minimum Gasteiger partial charge on any atom is -0.497 e. The number of likely N-dealkylation sites (tertiary alicyclic amines) is 1. The quantitative estimate of drug-likeness (QED) is 0.655. The Bertz CT molecular complexity index is 1080. The van der Waals surface area contributed by atoms with Crippen LogP contribution in [0.3, 0.4) is 0 Å². The number of amides is 2. The molecule has 1 saturated heterocycles. The number of nitrogens with zero attached hydrogens (tertiary/aromatic N) is 1. The number of fused-ring (bicyclic) bond motifs is 1. The van der Waals surface area contributed by atoms with Gasteiger partial charge in [0.15, 0.2) is 0 Å². The smallest absolute Gasteiger partial charge is 0.229 e. The first-order valence-electron chi connectivity index (χ1n) is 10.2. The van der Waals surface area contributed by atoms with E-state index < -0.39 is 0 Å². The molecule has 30 heavy (non-hydrogen) atoms. The lowest BCUT2D eigenvalue weighted by Crippen LogP contribution is -2.30. The summed E-state index contributed by atoms with van der Waals surface area (Å²) in [7, 11) is 1.65. The van der Waals surface area contributed by atoms with Gasteiger partial charge in [0, 0.05) is 42.3 Å². The number of carbonyl (C=O) groups excluding carboxylic acids is 2. The molecular formula is C24H27N3O3. The molecular weight excluding hydrogens is 378 g/mol. The van der Waals surface area contributed by atoms with Crippen LogP contribution in [0, 0.1) is 19.8 Å². The van der Waals surface area contributed by atoms with Crippen molar-refractivity contribution < 1.29 is 14.3 Å². The minimum absolute atomic E-state index is 0.0352. The number of aromatic nitrogens is 1. The molecule has 1 aromatic heterocycles. The average molecular weight is 405 g/mol. The van der Waals surface area contributed by atoms with E-state index in [2.05, 4.69) is 16.4 Å². The Morgan fingerprint density at radius 3 is 2.70 bits per heavy atom. The van der Waals surface area contributed by atoms with E-state index in [9.17, 15) is 9.59 Å². The highest BCUT2D eigenvalue weighted by Gasteiger charge is 2.34. The second kappa shape index (κ2) is 8.22. The van der Waals surface area contributed by atoms with Crippen LogP contribution >= 0.6 is 0 Å². The van der Waals surface area contributed by atoms with Crippen molar-refractivity contribution in [3.8, 4) is 5.75 Å². The molecule has 0 bridgehead atoms. The summed E-state index contributed by atoms with van der Waals surface area (Å²) in [6, 6.07) is 11.9. The van der Waals surface area contributed by atoms with Crippen LogP contribution in [-0.4, -0.2) is 41.9 Å². The molecule has 6 nitrogen and oxygen atoms in total. The van der Waals surface area contributed by atoms with Gasteiger partial charge in [0.05, 0.1) is 13.0 Å². The molecule has 6 heteroatoms. The molecule has 0 spiro atoms. The van der Waals surface area contributed by atoms with Crippen molar-refractivity contribution in [1.29, 1.82) is 0 Å². The van der Waals surface area contributed by atoms with Crippen LogP contribution in [0.2, 0.25) is 0 Å². The zero-order valence-corrected chi connectivity index (χ0v) is 17.6. The van der Waals surface area contributed by atoms with Gasteiger partial charge in [-0.1, -0.05) is 6.07 Å². The molecule has 0 saturated carbocycles. The first kappa shape index (κ1) is 20.0. The molecule has 1 atom stereocenters. The van der Waals surface area contributed by atoms with Crippen LogP contribution in [0.1, 0.15) is 23.1 Å². The maximum Gasteiger partial charge on any atom is 0.229 e. The lowest BCUT2D eigenvalue weighted by molar-refractivity contribution is -0.128. The Balaban J connectivity index is 1.38. The summed E-state index contributed by atoms with van der Waals surface area (Å²) < 4.78 is 5.32. The van der Waals surface area contributed by atoms with Crippen LogP contribution in [0.25, 0.3) is 10.9 Å². The van der Waals surface area contributed by atoms with Crippen molar-refractivity contribution in [2.75, 3.05) is 25.5 Å². The van der Waals surface area contributed by atoms with Crippen LogP contribution < -0.4 is 10.1 Å². The number of hydrogen-bond donors (Lipinski definition) is 2. The standard InChI is InChI=1S/C24H27N3O3/c1-15-8-16(2)10-19(9-15)26-24(29)18-11-23(28)27(14-18)7-6-17-13-25-22-5-4-20(30-3)12-21(17)22/h4-5,8-10,12-13,18,25H,6-7,11,14H2,1-3H3,(H,26,29)/t18-/m0/s1. The van der Waals surface area contributed by atoms with Crippen molar-refractivity contribution in [3.63, 3.8) is 0 Å². The number of carbonyl (C=O) groups is 2. The fourth-order valence-electron chi connectivity index (χ4n) is 4.20. The van der Waals surface area contributed by atoms with Gasteiger partial charge in [-0.25, -0.2) is 0 Å². The number of anilines is 1. The molecule has 1 fully saturated rings. The highest BCUT2D eigenvalue weighted by molar-refractivity contribution is 5.97. The topological polar surface area (TPSA) is 74.4 Å². The number of nitrogens with one attached hydrogen (secondary N) is 2. The molecule has 2 amide bonds. The summed E-state index contributed by atoms with van der Waals surface area (Å²) in [6.45, 7) is 5.06. The van der Waals surface area contributed by atoms with Crippen LogP contribution in [0.4, 0.5) is 5.69 Å². The Morgan fingerprint density at radius 1 is 1.20 bits per heavy atom. The zero-order valence-electron chi connectivity index (χ0n) is 17.6. The van der Waals surface area contributed by atoms with Gasteiger partial charge < -0.3 is 19.9 Å². The first-order chi connectivity index (χ1) is 14.4. The number of aromatic amines is 1. The lowest BCUT2D eigenvalue weighted by atomic mass is 10.1. The predicted octanol–water partition coefficient (Wildman–Crippen LogP) is 3.82. The third kappa shape index (κ3) is 4.17. The fourth-order valence-corrected chi connectivity index (χ4v) is 4.20. The first-order valence-corrected chi connectivity index (χ1v) is 10.2. The summed E-state index contributed by atoms with van der Waals surface area (Å²) in [5, 5.41) is 4.08. The van der Waals surface area contributed by atoms with E-state index in [-0.39, 0.29) is 24.2 Å². The van der Waals surface area contributed by atoms with Gasteiger partial charge in [-0.15, -0.1) is 0 Å². The summed E-state index contributed by atoms with van der Waals surface area (Å²) >= 11 is 0. The van der Waals surface area contributed by atoms with Crippen molar-refractivity contribution >= 4 is 28.4 Å². The largest absolute Gasteiger partial charge is 0.497 e. The molecule has 2 aromatic carbocycles. The van der Waals surface area contributed by atoms with Gasteiger partial charge in [0.1, 0.15) is 5.75 Å². The molecule has 0 radical (unpaired) electrons. The van der Waals surface area contributed by atoms with Gasteiger partial charge in [-0.3, -0.25) is 9.59 Å². The molecule has 1 aliphatic heterocycles. The van der Waals surface area contributed by atoms with E-state index in [4.69, 9.17) is 4.74 Å². The third-order valence-electron chi connectivity index (χ3n) is 5.70. The van der Waals surface area contributed by atoms with Gasteiger partial charge in [-0.2, -0.15) is 0 Å². The zero-order chi connectivity index (χ0) is 21.3. The monoisotopic (exact) mass is 405 g/mol. The second-order valence-corrected chi connectivity index (χ2v) is 8.08. The van der Waals surface area contributed by atoms with E-state index in [1.54, 1.807) is 12.0 Å². The molecule has 4 rings (SSSR count). The lowest BCUT2D eigenvalue weighted by Gasteiger charge is -2.16. The fraction of sp³-hybridized carbons (Fsp3) is 0.333. The maximum atomic E-state index is 12.7. The maximum absolute atomic E-state index is 12.7. The van der Waals surface area contributed by atoms with Gasteiger partial charge >= 0.3 is 0 Å². The van der Waals surface area contributed by atoms with E-state index in [0.717, 1.165) is 45.5 Å². The predicted molar refractivity (Wildman–Crippen MR) is 118 cm³/mol. The summed E-state index contributed by atoms with van der Waals surface area (Å²) in [5.74, 6) is 0.436. The highest BCUT2D eigenvalue weighted by atomic mass is 16.5. The normalized spacial score (nSPS) is 16.3. The summed E-state index contributed by atoms with van der Waals surface area (Å²) in [6.07, 6.45) is 2.97. The Kier molecular flexibility index (Phi) is 5.48. The van der Waals surface area contributed by atoms with Crippen molar-refractivity contribution in [2.24, 2.45) is 5.92 Å². The summed E-state index contributed by atoms with van der Waals surface area (Å²) in [5.41, 5.74) is 5.18. The number of benzene rings is 2. The van der Waals surface area contributed by atoms with Crippen molar-refractivity contribution in [2.45, 2.75) is 26.7 Å². The van der Waals surface area contributed by atoms with E-state index in [1.807, 2.05) is 50.4 Å². The van der Waals surface area contributed by atoms with Crippen LogP contribution in [0.5, 0.6) is 5.75 Å². The third-order valence-corrected chi connectivity index (χ3v) is 5.70. The summed E-state index contributed by atoms with van der Waals surface area (Å²) in [4.78, 5) is 30.3. The van der Waals surface area contributed by atoms with Gasteiger partial charge in [0.2, 0.25) is 11.8 Å². The van der Waals surface area contributed by atoms with Gasteiger partial charge in [0.25, 0.3) is 0 Å². The number of ether oxygens (including phenoxy) is 1. The van der Waals surface area contributed by atoms with E-state index >= 15 is 0 Å². The van der Waals surface area contributed by atoms with Crippen LogP contribution in [0.15, 0.2) is 42.6 Å². The molecule has 2 N–H and O–H groups in total. The molecule has 1 aliphatic rings. The highest BCUT2D eigenvalue weighted by Crippen LogP contribution is 2.26. The molecule has 156 valence electrons. The van der Waals surface area contributed by atoms with Gasteiger partial charge in [-0.05, 0) is 67.3 Å².